The monoisotopic (exact) mass is 425 g/mol. The van der Waals surface area contributed by atoms with Crippen molar-refractivity contribution in [1.82, 2.24) is 9.88 Å². The average Bonchev–Trinajstić information content (AvgIpc) is 3.23. The van der Waals surface area contributed by atoms with Crippen LogP contribution in [-0.4, -0.2) is 68.3 Å². The first-order valence-corrected chi connectivity index (χ1v) is 10.6. The van der Waals surface area contributed by atoms with Gasteiger partial charge in [-0.3, -0.25) is 14.6 Å². The van der Waals surface area contributed by atoms with Crippen molar-refractivity contribution >= 4 is 38.6 Å². The quantitative estimate of drug-likeness (QED) is 0.566. The lowest BCUT2D eigenvalue weighted by Gasteiger charge is -2.29. The van der Waals surface area contributed by atoms with Crippen LogP contribution < -0.4 is 4.90 Å². The summed E-state index contributed by atoms with van der Waals surface area (Å²) in [5.74, 6) is -0.792. The second-order valence-electron chi connectivity index (χ2n) is 6.91. The molecule has 4 rings (SSSR count). The predicted molar refractivity (Wildman–Crippen MR) is 116 cm³/mol. The number of rotatable bonds is 6. The third-order valence-corrected chi connectivity index (χ3v) is 6.12. The molecule has 7 nitrogen and oxygen atoms in total. The van der Waals surface area contributed by atoms with Gasteiger partial charge in [0.2, 0.25) is 0 Å². The van der Waals surface area contributed by atoms with Crippen molar-refractivity contribution in [3.63, 3.8) is 0 Å². The number of nitrogens with zero attached hydrogens (tertiary/aromatic N) is 3. The number of ether oxygens (including phenoxy) is 2. The van der Waals surface area contributed by atoms with Crippen molar-refractivity contribution in [3.05, 3.63) is 59.7 Å². The van der Waals surface area contributed by atoms with Crippen LogP contribution in [0.2, 0.25) is 0 Å². The Kier molecular flexibility index (Phi) is 6.37. The number of para-hydroxylation sites is 1. The number of benzene rings is 2. The number of methoxy groups -OCH3 is 1. The van der Waals surface area contributed by atoms with Crippen molar-refractivity contribution in [2.24, 2.45) is 0 Å². The Bertz CT molecular complexity index is 1010. The highest BCUT2D eigenvalue weighted by atomic mass is 32.1. The van der Waals surface area contributed by atoms with Crippen LogP contribution in [0.5, 0.6) is 0 Å². The van der Waals surface area contributed by atoms with Gasteiger partial charge in [0.05, 0.1) is 41.7 Å². The van der Waals surface area contributed by atoms with Gasteiger partial charge in [0.15, 0.2) is 5.13 Å². The molecule has 0 aliphatic carbocycles. The minimum absolute atomic E-state index is 0.252. The van der Waals surface area contributed by atoms with Crippen molar-refractivity contribution in [1.29, 1.82) is 0 Å². The number of carbonyl (C=O) groups is 2. The first-order chi connectivity index (χ1) is 14.7. The number of aromatic nitrogens is 1. The molecule has 0 saturated carbocycles. The lowest BCUT2D eigenvalue weighted by molar-refractivity contribution is 0.0390. The van der Waals surface area contributed by atoms with Crippen LogP contribution in [0.3, 0.4) is 0 Å². The summed E-state index contributed by atoms with van der Waals surface area (Å²) in [5, 5.41) is 0.620. The Hall–Kier alpha value is -2.81. The number of thiazole rings is 1. The molecule has 8 heteroatoms. The van der Waals surface area contributed by atoms with Crippen LogP contribution in [0, 0.1) is 0 Å². The molecule has 0 unspecified atom stereocenters. The molecule has 1 aliphatic heterocycles. The van der Waals surface area contributed by atoms with E-state index in [1.54, 1.807) is 29.2 Å². The topological polar surface area (TPSA) is 72.0 Å². The van der Waals surface area contributed by atoms with Crippen molar-refractivity contribution in [2.45, 2.75) is 0 Å². The van der Waals surface area contributed by atoms with E-state index in [9.17, 15) is 9.59 Å². The van der Waals surface area contributed by atoms with Gasteiger partial charge in [-0.2, -0.15) is 0 Å². The molecule has 0 radical (unpaired) electrons. The third-order valence-electron chi connectivity index (χ3n) is 5.06. The van der Waals surface area contributed by atoms with E-state index in [4.69, 9.17) is 9.47 Å². The normalized spacial score (nSPS) is 14.6. The van der Waals surface area contributed by atoms with Gasteiger partial charge >= 0.3 is 5.97 Å². The van der Waals surface area contributed by atoms with E-state index < -0.39 is 5.97 Å². The minimum Gasteiger partial charge on any atom is -0.465 e. The second kappa shape index (κ2) is 9.34. The maximum Gasteiger partial charge on any atom is 0.338 e. The van der Waals surface area contributed by atoms with Crippen LogP contribution in [0.1, 0.15) is 20.7 Å². The maximum absolute atomic E-state index is 13.6. The molecule has 2 heterocycles. The number of anilines is 1. The van der Waals surface area contributed by atoms with Crippen LogP contribution in [0.4, 0.5) is 5.13 Å². The molecule has 3 aromatic rings. The van der Waals surface area contributed by atoms with Gasteiger partial charge in [-0.15, -0.1) is 0 Å². The molecule has 1 aromatic heterocycles. The van der Waals surface area contributed by atoms with E-state index >= 15 is 0 Å². The van der Waals surface area contributed by atoms with Crippen molar-refractivity contribution in [2.75, 3.05) is 51.4 Å². The molecule has 30 heavy (non-hydrogen) atoms. The average molecular weight is 426 g/mol. The molecule has 156 valence electrons. The number of fused-ring (bicyclic) bond motifs is 1. The SMILES string of the molecule is COC(=O)c1ccccc1C(=O)N(CCN1CCOCC1)c1nc2ccccc2s1. The molecule has 0 atom stereocenters. The summed E-state index contributed by atoms with van der Waals surface area (Å²) in [4.78, 5) is 34.4. The Morgan fingerprint density at radius 1 is 1.10 bits per heavy atom. The fourth-order valence-corrected chi connectivity index (χ4v) is 4.42. The summed E-state index contributed by atoms with van der Waals surface area (Å²) in [6, 6.07) is 14.5. The van der Waals surface area contributed by atoms with Gasteiger partial charge in [-0.1, -0.05) is 35.6 Å². The molecule has 2 aromatic carbocycles. The number of hydrogen-bond acceptors (Lipinski definition) is 7. The molecule has 0 spiro atoms. The van der Waals surface area contributed by atoms with Crippen LogP contribution in [0.25, 0.3) is 10.2 Å². The summed E-state index contributed by atoms with van der Waals surface area (Å²) in [5.41, 5.74) is 1.41. The molecule has 0 bridgehead atoms. The Morgan fingerprint density at radius 3 is 2.53 bits per heavy atom. The number of hydrogen-bond donors (Lipinski definition) is 0. The van der Waals surface area contributed by atoms with Gasteiger partial charge in [-0.25, -0.2) is 9.78 Å². The summed E-state index contributed by atoms with van der Waals surface area (Å²) >= 11 is 1.47. The lowest BCUT2D eigenvalue weighted by Crippen LogP contribution is -2.43. The lowest BCUT2D eigenvalue weighted by atomic mass is 10.1. The summed E-state index contributed by atoms with van der Waals surface area (Å²) in [7, 11) is 1.31. The smallest absolute Gasteiger partial charge is 0.338 e. The zero-order valence-electron chi connectivity index (χ0n) is 16.7. The van der Waals surface area contributed by atoms with Crippen LogP contribution in [0.15, 0.2) is 48.5 Å². The van der Waals surface area contributed by atoms with Crippen LogP contribution >= 0.6 is 11.3 Å². The molecular weight excluding hydrogens is 402 g/mol. The molecule has 1 aliphatic rings. The number of morpholine rings is 1. The van der Waals surface area contributed by atoms with Gasteiger partial charge in [0.1, 0.15) is 0 Å². The first-order valence-electron chi connectivity index (χ1n) is 9.82. The predicted octanol–water partition coefficient (Wildman–Crippen LogP) is 3.06. The zero-order chi connectivity index (χ0) is 20.9. The zero-order valence-corrected chi connectivity index (χ0v) is 17.6. The van der Waals surface area contributed by atoms with E-state index in [1.165, 1.54) is 18.4 Å². The van der Waals surface area contributed by atoms with Crippen molar-refractivity contribution in [3.8, 4) is 0 Å². The summed E-state index contributed by atoms with van der Waals surface area (Å²) in [6.45, 7) is 4.22. The van der Waals surface area contributed by atoms with E-state index in [1.807, 2.05) is 24.3 Å². The molecule has 0 N–H and O–H groups in total. The Morgan fingerprint density at radius 2 is 1.80 bits per heavy atom. The number of amides is 1. The number of carbonyl (C=O) groups excluding carboxylic acids is 2. The Labute approximate surface area is 178 Å². The highest BCUT2D eigenvalue weighted by Gasteiger charge is 2.26. The molecule has 1 saturated heterocycles. The minimum atomic E-state index is -0.531. The Balaban J connectivity index is 1.67. The van der Waals surface area contributed by atoms with E-state index in [0.29, 0.717) is 37.0 Å². The van der Waals surface area contributed by atoms with Crippen molar-refractivity contribution < 1.29 is 19.1 Å². The molecular formula is C22H23N3O4S. The van der Waals surface area contributed by atoms with E-state index in [0.717, 1.165) is 23.3 Å². The standard InChI is InChI=1S/C22H23N3O4S/c1-28-21(27)17-7-3-2-6-16(17)20(26)25(11-10-24-12-14-29-15-13-24)22-23-18-8-4-5-9-19(18)30-22/h2-9H,10-15H2,1H3. The third kappa shape index (κ3) is 4.35. The molecule has 1 fully saturated rings. The summed E-state index contributed by atoms with van der Waals surface area (Å²) < 4.78 is 11.3. The fraction of sp³-hybridized carbons (Fsp3) is 0.318. The second-order valence-corrected chi connectivity index (χ2v) is 7.92. The van der Waals surface area contributed by atoms with Crippen LogP contribution in [-0.2, 0) is 9.47 Å². The van der Waals surface area contributed by atoms with E-state index in [2.05, 4.69) is 9.88 Å². The van der Waals surface area contributed by atoms with E-state index in [-0.39, 0.29) is 11.5 Å². The number of esters is 1. The maximum atomic E-state index is 13.6. The largest absolute Gasteiger partial charge is 0.465 e. The first kappa shape index (κ1) is 20.5. The van der Waals surface area contributed by atoms with Gasteiger partial charge in [0.25, 0.3) is 5.91 Å². The fourth-order valence-electron chi connectivity index (χ4n) is 3.43. The molecule has 1 amide bonds. The summed E-state index contributed by atoms with van der Waals surface area (Å²) in [6.07, 6.45) is 0. The highest BCUT2D eigenvalue weighted by Crippen LogP contribution is 2.30. The van der Waals surface area contributed by atoms with Gasteiger partial charge < -0.3 is 9.47 Å². The van der Waals surface area contributed by atoms with Gasteiger partial charge in [-0.05, 0) is 24.3 Å². The highest BCUT2D eigenvalue weighted by molar-refractivity contribution is 7.22. The van der Waals surface area contributed by atoms with Gasteiger partial charge in [0, 0.05) is 26.2 Å².